The van der Waals surface area contributed by atoms with Gasteiger partial charge in [0.25, 0.3) is 0 Å². The van der Waals surface area contributed by atoms with Crippen LogP contribution in [0.4, 0.5) is 0 Å². The van der Waals surface area contributed by atoms with Crippen molar-refractivity contribution in [2.45, 2.75) is 51.0 Å². The van der Waals surface area contributed by atoms with Gasteiger partial charge in [0.05, 0.1) is 24.9 Å². The minimum atomic E-state index is 0.147. The Balaban J connectivity index is 1.48. The fourth-order valence-electron chi connectivity index (χ4n) is 7.07. The largest absolute Gasteiger partial charge is 0.496 e. The van der Waals surface area contributed by atoms with Crippen LogP contribution in [0.2, 0.25) is 0 Å². The van der Waals surface area contributed by atoms with Crippen LogP contribution in [0.5, 0.6) is 11.5 Å². The van der Waals surface area contributed by atoms with Crippen LogP contribution in [-0.4, -0.2) is 30.5 Å². The normalized spacial score (nSPS) is 28.6. The van der Waals surface area contributed by atoms with Gasteiger partial charge in [-0.25, -0.2) is 0 Å². The van der Waals surface area contributed by atoms with E-state index in [0.717, 1.165) is 57.0 Å². The van der Waals surface area contributed by atoms with E-state index in [-0.39, 0.29) is 5.54 Å². The number of para-hydroxylation sites is 1. The minimum Gasteiger partial charge on any atom is -0.496 e. The lowest BCUT2D eigenvalue weighted by molar-refractivity contribution is 0.00195. The molecule has 4 heteroatoms. The Morgan fingerprint density at radius 3 is 2.44 bits per heavy atom. The summed E-state index contributed by atoms with van der Waals surface area (Å²) in [6.07, 6.45) is 10.3. The Labute approximate surface area is 190 Å². The molecule has 32 heavy (non-hydrogen) atoms. The number of aliphatic imine (C=N–C) groups is 1. The molecule has 166 valence electrons. The lowest BCUT2D eigenvalue weighted by atomic mass is 9.53. The van der Waals surface area contributed by atoms with Crippen LogP contribution in [0, 0.1) is 17.8 Å². The quantitative estimate of drug-likeness (QED) is 0.448. The van der Waals surface area contributed by atoms with Gasteiger partial charge in [-0.1, -0.05) is 12.1 Å². The van der Waals surface area contributed by atoms with E-state index in [4.69, 9.17) is 14.5 Å². The molecule has 4 saturated carbocycles. The highest BCUT2D eigenvalue weighted by molar-refractivity contribution is 6.07. The number of hydrogen-bond acceptors (Lipinski definition) is 3. The number of methoxy groups -OCH3 is 1. The first-order valence-electron chi connectivity index (χ1n) is 12.1. The standard InChI is InChI=1S/C28H32N2O2/c1-3-32-21-8-9-25-23(13-21)24(27(30-25)22-6-4-5-7-26(22)31-2)17-29-28-14-18-10-19(15-28)12-20(11-18)16-28/h4-9,13,17-20,30H,3,10-12,14-16H2,1-2H3. The summed E-state index contributed by atoms with van der Waals surface area (Å²) >= 11 is 0. The number of ether oxygens (including phenoxy) is 2. The Hall–Kier alpha value is -2.75. The first kappa shape index (κ1) is 19.9. The number of aromatic nitrogens is 1. The van der Waals surface area contributed by atoms with E-state index in [2.05, 4.69) is 35.5 Å². The van der Waals surface area contributed by atoms with Gasteiger partial charge in [-0.15, -0.1) is 0 Å². The zero-order valence-electron chi connectivity index (χ0n) is 19.1. The molecule has 1 N–H and O–H groups in total. The lowest BCUT2D eigenvalue weighted by Crippen LogP contribution is -2.49. The fraction of sp³-hybridized carbons (Fsp3) is 0.464. The van der Waals surface area contributed by atoms with Crippen molar-refractivity contribution >= 4 is 17.1 Å². The molecule has 3 aromatic rings. The number of fused-ring (bicyclic) bond motifs is 1. The Morgan fingerprint density at radius 1 is 1.03 bits per heavy atom. The van der Waals surface area contributed by atoms with Crippen molar-refractivity contribution in [3.8, 4) is 22.8 Å². The smallest absolute Gasteiger partial charge is 0.128 e. The predicted octanol–water partition coefficient (Wildman–Crippen LogP) is 6.63. The molecule has 0 unspecified atom stereocenters. The van der Waals surface area contributed by atoms with Crippen LogP contribution in [0.25, 0.3) is 22.2 Å². The van der Waals surface area contributed by atoms with Crippen molar-refractivity contribution in [3.05, 3.63) is 48.0 Å². The number of H-pyrrole nitrogens is 1. The summed E-state index contributed by atoms with van der Waals surface area (Å²) in [6.45, 7) is 2.68. The molecule has 1 aromatic heterocycles. The van der Waals surface area contributed by atoms with E-state index in [1.54, 1.807) is 7.11 Å². The molecule has 1 heterocycles. The summed E-state index contributed by atoms with van der Waals surface area (Å²) in [5, 5.41) is 1.16. The van der Waals surface area contributed by atoms with Gasteiger partial charge in [0.1, 0.15) is 11.5 Å². The van der Waals surface area contributed by atoms with Gasteiger partial charge >= 0.3 is 0 Å². The molecule has 2 aromatic carbocycles. The molecule has 0 spiro atoms. The highest BCUT2D eigenvalue weighted by Gasteiger charge is 2.50. The van der Waals surface area contributed by atoms with E-state index in [9.17, 15) is 0 Å². The molecule has 0 amide bonds. The molecule has 4 aliphatic carbocycles. The van der Waals surface area contributed by atoms with E-state index >= 15 is 0 Å². The summed E-state index contributed by atoms with van der Waals surface area (Å²) in [7, 11) is 1.73. The molecule has 0 atom stereocenters. The highest BCUT2D eigenvalue weighted by Crippen LogP contribution is 2.57. The second-order valence-corrected chi connectivity index (χ2v) is 10.2. The molecular formula is C28H32N2O2. The van der Waals surface area contributed by atoms with Gasteiger partial charge in [0.15, 0.2) is 0 Å². The number of rotatable bonds is 6. The van der Waals surface area contributed by atoms with Crippen LogP contribution in [0.1, 0.15) is 51.0 Å². The maximum Gasteiger partial charge on any atom is 0.128 e. The molecule has 7 rings (SSSR count). The van der Waals surface area contributed by atoms with Gasteiger partial charge in [-0.3, -0.25) is 4.99 Å². The summed E-state index contributed by atoms with van der Waals surface area (Å²) in [4.78, 5) is 9.06. The lowest BCUT2D eigenvalue weighted by Gasteiger charge is -2.55. The molecule has 0 aliphatic heterocycles. The van der Waals surface area contributed by atoms with Gasteiger partial charge in [0, 0.05) is 28.2 Å². The van der Waals surface area contributed by atoms with Crippen molar-refractivity contribution < 1.29 is 9.47 Å². The third-order valence-electron chi connectivity index (χ3n) is 7.97. The molecule has 4 nitrogen and oxygen atoms in total. The van der Waals surface area contributed by atoms with Crippen molar-refractivity contribution in [3.63, 3.8) is 0 Å². The Kier molecular flexibility index (Phi) is 4.78. The average Bonchev–Trinajstić information content (AvgIpc) is 3.15. The first-order chi connectivity index (χ1) is 15.7. The van der Waals surface area contributed by atoms with E-state index < -0.39 is 0 Å². The van der Waals surface area contributed by atoms with Crippen molar-refractivity contribution in [1.29, 1.82) is 0 Å². The second kappa shape index (κ2) is 7.68. The summed E-state index contributed by atoms with van der Waals surface area (Å²) in [6, 6.07) is 14.5. The number of nitrogens with one attached hydrogen (secondary N) is 1. The molecule has 4 bridgehead atoms. The van der Waals surface area contributed by atoms with Crippen LogP contribution < -0.4 is 9.47 Å². The van der Waals surface area contributed by atoms with Gasteiger partial charge in [0.2, 0.25) is 0 Å². The monoisotopic (exact) mass is 428 g/mol. The number of aromatic amines is 1. The van der Waals surface area contributed by atoms with Crippen molar-refractivity contribution in [2.75, 3.05) is 13.7 Å². The fourth-order valence-corrected chi connectivity index (χ4v) is 7.07. The third kappa shape index (κ3) is 3.32. The third-order valence-corrected chi connectivity index (χ3v) is 7.97. The molecule has 4 fully saturated rings. The van der Waals surface area contributed by atoms with Crippen LogP contribution in [0.15, 0.2) is 47.5 Å². The van der Waals surface area contributed by atoms with E-state index in [1.807, 2.05) is 25.1 Å². The van der Waals surface area contributed by atoms with E-state index in [0.29, 0.717) is 6.61 Å². The maximum absolute atomic E-state index is 5.82. The average molecular weight is 429 g/mol. The van der Waals surface area contributed by atoms with Crippen molar-refractivity contribution in [1.82, 2.24) is 4.98 Å². The minimum absolute atomic E-state index is 0.147. The van der Waals surface area contributed by atoms with Crippen LogP contribution in [0.3, 0.4) is 0 Å². The zero-order valence-corrected chi connectivity index (χ0v) is 19.1. The Bertz CT molecular complexity index is 1140. The molecule has 0 radical (unpaired) electrons. The molecule has 4 aliphatic rings. The topological polar surface area (TPSA) is 46.6 Å². The Morgan fingerprint density at radius 2 is 1.75 bits per heavy atom. The van der Waals surface area contributed by atoms with E-state index in [1.165, 1.54) is 38.5 Å². The van der Waals surface area contributed by atoms with Crippen LogP contribution in [-0.2, 0) is 0 Å². The number of hydrogen-bond donors (Lipinski definition) is 1. The summed E-state index contributed by atoms with van der Waals surface area (Å²) in [5.74, 6) is 4.43. The molecular weight excluding hydrogens is 396 g/mol. The van der Waals surface area contributed by atoms with Gasteiger partial charge in [-0.2, -0.15) is 0 Å². The second-order valence-electron chi connectivity index (χ2n) is 10.2. The molecule has 0 saturated heterocycles. The summed E-state index contributed by atoms with van der Waals surface area (Å²) in [5.41, 5.74) is 4.52. The van der Waals surface area contributed by atoms with Crippen molar-refractivity contribution in [2.24, 2.45) is 22.7 Å². The highest BCUT2D eigenvalue weighted by atomic mass is 16.5. The summed E-state index contributed by atoms with van der Waals surface area (Å²) < 4.78 is 11.5. The SMILES string of the molecule is CCOc1ccc2[nH]c(-c3ccccc3OC)c(C=NC34CC5CC(CC(C5)C3)C4)c2c1. The van der Waals surface area contributed by atoms with Crippen LogP contribution >= 0.6 is 0 Å². The zero-order chi connectivity index (χ0) is 21.7. The number of benzene rings is 2. The first-order valence-corrected chi connectivity index (χ1v) is 12.1. The maximum atomic E-state index is 5.82. The predicted molar refractivity (Wildman–Crippen MR) is 130 cm³/mol. The van der Waals surface area contributed by atoms with Gasteiger partial charge < -0.3 is 14.5 Å². The number of nitrogens with zero attached hydrogens (tertiary/aromatic N) is 1. The van der Waals surface area contributed by atoms with Gasteiger partial charge in [-0.05, 0) is 93.5 Å².